The van der Waals surface area contributed by atoms with E-state index in [-0.39, 0.29) is 6.04 Å². The SMILES string of the molecule is CCCCC(CC)C(N)Cc1cn2ccsc2n1. The number of nitrogens with zero attached hydrogens (tertiary/aromatic N) is 2. The molecule has 0 aliphatic rings. The molecule has 2 unspecified atom stereocenters. The molecule has 0 spiro atoms. The van der Waals surface area contributed by atoms with Crippen molar-refractivity contribution < 1.29 is 0 Å². The number of hydrogen-bond donors (Lipinski definition) is 1. The van der Waals surface area contributed by atoms with Gasteiger partial charge in [-0.05, 0) is 12.3 Å². The smallest absolute Gasteiger partial charge is 0.193 e. The average Bonchev–Trinajstić information content (AvgIpc) is 2.90. The second kappa shape index (κ2) is 6.34. The van der Waals surface area contributed by atoms with Crippen LogP contribution in [0.2, 0.25) is 0 Å². The Hall–Kier alpha value is -0.870. The van der Waals surface area contributed by atoms with Crippen molar-refractivity contribution in [2.24, 2.45) is 11.7 Å². The molecule has 0 aromatic carbocycles. The molecule has 0 aliphatic carbocycles. The quantitative estimate of drug-likeness (QED) is 0.833. The lowest BCUT2D eigenvalue weighted by molar-refractivity contribution is 0.367. The van der Waals surface area contributed by atoms with Crippen molar-refractivity contribution in [3.8, 4) is 0 Å². The molecular formula is C14H23N3S. The second-order valence-corrected chi connectivity index (χ2v) is 5.88. The molecule has 2 aromatic rings. The highest BCUT2D eigenvalue weighted by Gasteiger charge is 2.17. The molecule has 2 rings (SSSR count). The third-order valence-corrected chi connectivity index (χ3v) is 4.42. The van der Waals surface area contributed by atoms with Gasteiger partial charge in [0, 0.05) is 30.2 Å². The molecule has 2 aromatic heterocycles. The zero-order valence-electron chi connectivity index (χ0n) is 11.3. The van der Waals surface area contributed by atoms with E-state index in [1.54, 1.807) is 11.3 Å². The van der Waals surface area contributed by atoms with Gasteiger partial charge in [-0.1, -0.05) is 33.1 Å². The molecule has 3 nitrogen and oxygen atoms in total. The molecule has 2 atom stereocenters. The van der Waals surface area contributed by atoms with E-state index in [0.29, 0.717) is 5.92 Å². The first-order valence-electron chi connectivity index (χ1n) is 6.91. The summed E-state index contributed by atoms with van der Waals surface area (Å²) in [6, 6.07) is 0.242. The van der Waals surface area contributed by atoms with E-state index in [1.165, 1.54) is 25.7 Å². The summed E-state index contributed by atoms with van der Waals surface area (Å²) in [5, 5.41) is 2.06. The molecule has 4 heteroatoms. The molecule has 0 radical (unpaired) electrons. The zero-order valence-corrected chi connectivity index (χ0v) is 12.1. The lowest BCUT2D eigenvalue weighted by Crippen LogP contribution is -2.32. The van der Waals surface area contributed by atoms with E-state index in [9.17, 15) is 0 Å². The van der Waals surface area contributed by atoms with Crippen LogP contribution in [0.15, 0.2) is 17.8 Å². The molecule has 0 bridgehead atoms. The number of fused-ring (bicyclic) bond motifs is 1. The van der Waals surface area contributed by atoms with E-state index in [2.05, 4.69) is 41.0 Å². The molecule has 0 aliphatic heterocycles. The maximum atomic E-state index is 6.35. The van der Waals surface area contributed by atoms with Crippen LogP contribution in [0, 0.1) is 5.92 Å². The molecule has 2 heterocycles. The summed E-state index contributed by atoms with van der Waals surface area (Å²) in [6.07, 6.45) is 10.0. The van der Waals surface area contributed by atoms with Gasteiger partial charge >= 0.3 is 0 Å². The first kappa shape index (κ1) is 13.6. The summed E-state index contributed by atoms with van der Waals surface area (Å²) in [5.74, 6) is 0.629. The van der Waals surface area contributed by atoms with Gasteiger partial charge in [-0.25, -0.2) is 4.98 Å². The first-order valence-corrected chi connectivity index (χ1v) is 7.79. The molecule has 0 saturated carbocycles. The first-order chi connectivity index (χ1) is 8.74. The van der Waals surface area contributed by atoms with Gasteiger partial charge in [-0.3, -0.25) is 4.40 Å². The van der Waals surface area contributed by atoms with Crippen LogP contribution in [-0.2, 0) is 6.42 Å². The van der Waals surface area contributed by atoms with Gasteiger partial charge in [0.25, 0.3) is 0 Å². The second-order valence-electron chi connectivity index (χ2n) is 5.00. The number of unbranched alkanes of at least 4 members (excludes halogenated alkanes) is 1. The lowest BCUT2D eigenvalue weighted by atomic mass is 9.89. The predicted molar refractivity (Wildman–Crippen MR) is 78.1 cm³/mol. The van der Waals surface area contributed by atoms with E-state index < -0.39 is 0 Å². The van der Waals surface area contributed by atoms with Gasteiger partial charge in [-0.2, -0.15) is 0 Å². The summed E-state index contributed by atoms with van der Waals surface area (Å²) in [6.45, 7) is 4.48. The van der Waals surface area contributed by atoms with Crippen molar-refractivity contribution in [2.75, 3.05) is 0 Å². The minimum absolute atomic E-state index is 0.242. The van der Waals surface area contributed by atoms with Gasteiger partial charge in [-0.15, -0.1) is 11.3 Å². The summed E-state index contributed by atoms with van der Waals surface area (Å²) < 4.78 is 2.08. The Kier molecular flexibility index (Phi) is 4.78. The normalized spacial score (nSPS) is 15.1. The van der Waals surface area contributed by atoms with Crippen molar-refractivity contribution in [2.45, 2.75) is 52.0 Å². The number of imidazole rings is 1. The molecule has 18 heavy (non-hydrogen) atoms. The average molecular weight is 265 g/mol. The van der Waals surface area contributed by atoms with Crippen molar-refractivity contribution in [1.29, 1.82) is 0 Å². The minimum atomic E-state index is 0.242. The number of aromatic nitrogens is 2. The van der Waals surface area contributed by atoms with Crippen molar-refractivity contribution in [3.05, 3.63) is 23.5 Å². The van der Waals surface area contributed by atoms with Gasteiger partial charge in [0.2, 0.25) is 0 Å². The third kappa shape index (κ3) is 3.12. The van der Waals surface area contributed by atoms with E-state index in [0.717, 1.165) is 17.1 Å². The maximum absolute atomic E-state index is 6.35. The lowest BCUT2D eigenvalue weighted by Gasteiger charge is -2.21. The summed E-state index contributed by atoms with van der Waals surface area (Å²) in [5.41, 5.74) is 7.47. The fourth-order valence-corrected chi connectivity index (χ4v) is 3.19. The van der Waals surface area contributed by atoms with Crippen LogP contribution in [-0.4, -0.2) is 15.4 Å². The third-order valence-electron chi connectivity index (χ3n) is 3.65. The minimum Gasteiger partial charge on any atom is -0.327 e. The summed E-state index contributed by atoms with van der Waals surface area (Å²) in [7, 11) is 0. The maximum Gasteiger partial charge on any atom is 0.193 e. The van der Waals surface area contributed by atoms with Crippen LogP contribution in [0.5, 0.6) is 0 Å². The largest absolute Gasteiger partial charge is 0.327 e. The Morgan fingerprint density at radius 1 is 1.44 bits per heavy atom. The van der Waals surface area contributed by atoms with Gasteiger partial charge in [0.15, 0.2) is 4.96 Å². The Bertz CT molecular complexity index is 446. The van der Waals surface area contributed by atoms with Crippen LogP contribution in [0.25, 0.3) is 4.96 Å². The topological polar surface area (TPSA) is 43.3 Å². The number of hydrogen-bond acceptors (Lipinski definition) is 3. The summed E-state index contributed by atoms with van der Waals surface area (Å²) in [4.78, 5) is 5.68. The molecular weight excluding hydrogens is 242 g/mol. The van der Waals surface area contributed by atoms with Crippen molar-refractivity contribution in [3.63, 3.8) is 0 Å². The van der Waals surface area contributed by atoms with Gasteiger partial charge in [0.05, 0.1) is 5.69 Å². The Morgan fingerprint density at radius 3 is 2.94 bits per heavy atom. The fourth-order valence-electron chi connectivity index (χ4n) is 2.47. The molecule has 0 amide bonds. The van der Waals surface area contributed by atoms with Crippen LogP contribution < -0.4 is 5.73 Å². The number of rotatable bonds is 7. The number of nitrogens with two attached hydrogens (primary N) is 1. The van der Waals surface area contributed by atoms with Gasteiger partial charge in [0.1, 0.15) is 0 Å². The van der Waals surface area contributed by atoms with Crippen molar-refractivity contribution >= 4 is 16.3 Å². The summed E-state index contributed by atoms with van der Waals surface area (Å²) >= 11 is 1.67. The molecule has 0 saturated heterocycles. The zero-order chi connectivity index (χ0) is 13.0. The monoisotopic (exact) mass is 265 g/mol. The fraction of sp³-hybridized carbons (Fsp3) is 0.643. The molecule has 2 N–H and O–H groups in total. The Balaban J connectivity index is 1.96. The highest BCUT2D eigenvalue weighted by molar-refractivity contribution is 7.15. The van der Waals surface area contributed by atoms with Crippen LogP contribution in [0.1, 0.15) is 45.2 Å². The van der Waals surface area contributed by atoms with E-state index in [4.69, 9.17) is 5.73 Å². The molecule has 100 valence electrons. The highest BCUT2D eigenvalue weighted by Crippen LogP contribution is 2.19. The van der Waals surface area contributed by atoms with E-state index in [1.807, 2.05) is 0 Å². The van der Waals surface area contributed by atoms with Crippen LogP contribution in [0.3, 0.4) is 0 Å². The van der Waals surface area contributed by atoms with Crippen molar-refractivity contribution in [1.82, 2.24) is 9.38 Å². The Labute approximate surface area is 113 Å². The predicted octanol–water partition coefficient (Wildman–Crippen LogP) is 3.48. The van der Waals surface area contributed by atoms with Crippen LogP contribution >= 0.6 is 11.3 Å². The number of thiazole rings is 1. The molecule has 0 fully saturated rings. The standard InChI is InChI=1S/C14H23N3S/c1-3-5-6-11(4-2)13(15)9-12-10-17-7-8-18-14(17)16-12/h7-8,10-11,13H,3-6,9,15H2,1-2H3. The van der Waals surface area contributed by atoms with Crippen LogP contribution in [0.4, 0.5) is 0 Å². The highest BCUT2D eigenvalue weighted by atomic mass is 32.1. The Morgan fingerprint density at radius 2 is 2.28 bits per heavy atom. The van der Waals surface area contributed by atoms with E-state index >= 15 is 0 Å². The van der Waals surface area contributed by atoms with Gasteiger partial charge < -0.3 is 5.73 Å².